The largest absolute Gasteiger partial charge is 0.354 e. The maximum absolute atomic E-state index is 11.7. The summed E-state index contributed by atoms with van der Waals surface area (Å²) >= 11 is 0. The molecule has 1 saturated heterocycles. The highest BCUT2D eigenvalue weighted by atomic mass is 16.2. The Morgan fingerprint density at radius 2 is 2.20 bits per heavy atom. The second-order valence-electron chi connectivity index (χ2n) is 5.51. The van der Waals surface area contributed by atoms with Crippen molar-refractivity contribution in [2.75, 3.05) is 13.1 Å². The van der Waals surface area contributed by atoms with Crippen LogP contribution in [0.5, 0.6) is 0 Å². The summed E-state index contributed by atoms with van der Waals surface area (Å²) in [5.41, 5.74) is 0.175. The molecule has 1 fully saturated rings. The van der Waals surface area contributed by atoms with Crippen molar-refractivity contribution in [2.24, 2.45) is 11.3 Å². The summed E-state index contributed by atoms with van der Waals surface area (Å²) in [6.45, 7) is 10.5. The molecule has 1 aliphatic heterocycles. The zero-order valence-electron chi connectivity index (χ0n) is 10.4. The van der Waals surface area contributed by atoms with Gasteiger partial charge in [0, 0.05) is 6.54 Å². The lowest BCUT2D eigenvalue weighted by Crippen LogP contribution is -2.45. The zero-order valence-corrected chi connectivity index (χ0v) is 10.4. The van der Waals surface area contributed by atoms with Crippen molar-refractivity contribution >= 4 is 5.91 Å². The van der Waals surface area contributed by atoms with Crippen LogP contribution in [0.2, 0.25) is 0 Å². The van der Waals surface area contributed by atoms with Crippen molar-refractivity contribution in [3.8, 4) is 0 Å². The van der Waals surface area contributed by atoms with Gasteiger partial charge in [0.15, 0.2) is 0 Å². The highest BCUT2D eigenvalue weighted by Crippen LogP contribution is 2.24. The Hall–Kier alpha value is -0.570. The summed E-state index contributed by atoms with van der Waals surface area (Å²) < 4.78 is 0. The zero-order chi connectivity index (χ0) is 11.5. The Morgan fingerprint density at radius 3 is 2.67 bits per heavy atom. The van der Waals surface area contributed by atoms with Gasteiger partial charge in [-0.05, 0) is 30.7 Å². The van der Waals surface area contributed by atoms with Gasteiger partial charge in [0.05, 0.1) is 6.04 Å². The molecule has 0 aromatic carbocycles. The third-order valence-electron chi connectivity index (χ3n) is 3.66. The van der Waals surface area contributed by atoms with E-state index in [0.29, 0.717) is 5.92 Å². The highest BCUT2D eigenvalue weighted by molar-refractivity contribution is 5.82. The van der Waals surface area contributed by atoms with E-state index in [-0.39, 0.29) is 17.4 Å². The first-order chi connectivity index (χ1) is 6.93. The second kappa shape index (κ2) is 4.97. The summed E-state index contributed by atoms with van der Waals surface area (Å²) in [4.78, 5) is 11.7. The van der Waals surface area contributed by atoms with Crippen molar-refractivity contribution in [1.82, 2.24) is 10.6 Å². The second-order valence-corrected chi connectivity index (χ2v) is 5.51. The average Bonchev–Trinajstić information content (AvgIpc) is 2.66. The van der Waals surface area contributed by atoms with Crippen LogP contribution >= 0.6 is 0 Å². The van der Waals surface area contributed by atoms with Crippen LogP contribution in [-0.4, -0.2) is 25.0 Å². The monoisotopic (exact) mass is 212 g/mol. The van der Waals surface area contributed by atoms with E-state index in [2.05, 4.69) is 38.3 Å². The Morgan fingerprint density at radius 1 is 1.53 bits per heavy atom. The van der Waals surface area contributed by atoms with Crippen molar-refractivity contribution in [1.29, 1.82) is 0 Å². The quantitative estimate of drug-likeness (QED) is 0.742. The number of nitrogens with one attached hydrogen (secondary N) is 2. The molecule has 1 aliphatic rings. The Bertz CT molecular complexity index is 218. The van der Waals surface area contributed by atoms with Crippen molar-refractivity contribution < 1.29 is 4.79 Å². The molecule has 0 aromatic rings. The predicted molar refractivity (Wildman–Crippen MR) is 62.7 cm³/mol. The van der Waals surface area contributed by atoms with Crippen molar-refractivity contribution in [2.45, 2.75) is 46.6 Å². The minimum absolute atomic E-state index is 0.0490. The molecular weight excluding hydrogens is 188 g/mol. The number of carbonyl (C=O) groups excluding carboxylic acids is 1. The summed E-state index contributed by atoms with van der Waals surface area (Å²) in [5.74, 6) is 0.746. The van der Waals surface area contributed by atoms with E-state index in [0.717, 1.165) is 25.9 Å². The highest BCUT2D eigenvalue weighted by Gasteiger charge is 2.26. The minimum atomic E-state index is 0.0490. The number of hydrogen-bond acceptors (Lipinski definition) is 2. The lowest BCUT2D eigenvalue weighted by Gasteiger charge is -2.29. The lowest BCUT2D eigenvalue weighted by atomic mass is 9.81. The molecular formula is C12H24N2O. The molecule has 1 amide bonds. The van der Waals surface area contributed by atoms with Gasteiger partial charge in [0.25, 0.3) is 0 Å². The fraction of sp³-hybridized carbons (Fsp3) is 0.917. The van der Waals surface area contributed by atoms with Crippen LogP contribution in [0.1, 0.15) is 40.5 Å². The number of amides is 1. The van der Waals surface area contributed by atoms with Gasteiger partial charge in [-0.25, -0.2) is 0 Å². The first-order valence-electron chi connectivity index (χ1n) is 5.94. The molecule has 1 rings (SSSR count). The van der Waals surface area contributed by atoms with Gasteiger partial charge < -0.3 is 10.6 Å². The standard InChI is InChI=1S/C12H24N2O/c1-9(2)12(3,4)8-14-11(15)10-6-5-7-13-10/h9-10,13H,5-8H2,1-4H3,(H,14,15)/t10-/m1/s1. The summed E-state index contributed by atoms with van der Waals surface area (Å²) in [7, 11) is 0. The van der Waals surface area contributed by atoms with Crippen LogP contribution in [0.25, 0.3) is 0 Å². The Balaban J connectivity index is 2.33. The van der Waals surface area contributed by atoms with Gasteiger partial charge in [-0.3, -0.25) is 4.79 Å². The molecule has 0 aromatic heterocycles. The molecule has 3 nitrogen and oxygen atoms in total. The van der Waals surface area contributed by atoms with E-state index in [1.807, 2.05) is 0 Å². The molecule has 0 radical (unpaired) electrons. The number of carbonyl (C=O) groups is 1. The molecule has 15 heavy (non-hydrogen) atoms. The molecule has 0 unspecified atom stereocenters. The molecule has 88 valence electrons. The molecule has 0 saturated carbocycles. The van der Waals surface area contributed by atoms with Gasteiger partial charge in [0.2, 0.25) is 5.91 Å². The summed E-state index contributed by atoms with van der Waals surface area (Å²) in [6.07, 6.45) is 2.10. The van der Waals surface area contributed by atoms with Crippen LogP contribution in [0, 0.1) is 11.3 Å². The van der Waals surface area contributed by atoms with Crippen LogP contribution in [-0.2, 0) is 4.79 Å². The van der Waals surface area contributed by atoms with Crippen molar-refractivity contribution in [3.63, 3.8) is 0 Å². The van der Waals surface area contributed by atoms with Crippen molar-refractivity contribution in [3.05, 3.63) is 0 Å². The lowest BCUT2D eigenvalue weighted by molar-refractivity contribution is -0.123. The van der Waals surface area contributed by atoms with Crippen LogP contribution in [0.3, 0.4) is 0 Å². The fourth-order valence-corrected chi connectivity index (χ4v) is 1.55. The maximum atomic E-state index is 11.7. The Kier molecular flexibility index (Phi) is 4.14. The molecule has 2 N–H and O–H groups in total. The first kappa shape index (κ1) is 12.5. The van der Waals surface area contributed by atoms with Gasteiger partial charge in [-0.15, -0.1) is 0 Å². The van der Waals surface area contributed by atoms with Gasteiger partial charge >= 0.3 is 0 Å². The van der Waals surface area contributed by atoms with E-state index < -0.39 is 0 Å². The first-order valence-corrected chi connectivity index (χ1v) is 5.94. The smallest absolute Gasteiger partial charge is 0.237 e. The summed E-state index contributed by atoms with van der Waals surface area (Å²) in [6, 6.07) is 0.0490. The third kappa shape index (κ3) is 3.49. The fourth-order valence-electron chi connectivity index (χ4n) is 1.55. The number of hydrogen-bond donors (Lipinski definition) is 2. The third-order valence-corrected chi connectivity index (χ3v) is 3.66. The molecule has 0 spiro atoms. The predicted octanol–water partition coefficient (Wildman–Crippen LogP) is 1.54. The summed E-state index contributed by atoms with van der Waals surface area (Å²) in [5, 5.41) is 6.25. The van der Waals surface area contributed by atoms with E-state index in [4.69, 9.17) is 0 Å². The topological polar surface area (TPSA) is 41.1 Å². The number of rotatable bonds is 4. The minimum Gasteiger partial charge on any atom is -0.354 e. The molecule has 0 aliphatic carbocycles. The Labute approximate surface area is 93.0 Å². The molecule has 1 atom stereocenters. The van der Waals surface area contributed by atoms with Gasteiger partial charge in [-0.1, -0.05) is 27.7 Å². The molecule has 1 heterocycles. The SMILES string of the molecule is CC(C)C(C)(C)CNC(=O)[C@H]1CCCN1. The molecule has 3 heteroatoms. The van der Waals surface area contributed by atoms with E-state index in [9.17, 15) is 4.79 Å². The van der Waals surface area contributed by atoms with Gasteiger partial charge in [-0.2, -0.15) is 0 Å². The van der Waals surface area contributed by atoms with E-state index >= 15 is 0 Å². The molecule has 0 bridgehead atoms. The van der Waals surface area contributed by atoms with E-state index in [1.165, 1.54) is 0 Å². The van der Waals surface area contributed by atoms with E-state index in [1.54, 1.807) is 0 Å². The van der Waals surface area contributed by atoms with Crippen LogP contribution < -0.4 is 10.6 Å². The van der Waals surface area contributed by atoms with Crippen LogP contribution in [0.15, 0.2) is 0 Å². The maximum Gasteiger partial charge on any atom is 0.237 e. The van der Waals surface area contributed by atoms with Crippen LogP contribution in [0.4, 0.5) is 0 Å². The normalized spacial score (nSPS) is 22.1. The average molecular weight is 212 g/mol. The van der Waals surface area contributed by atoms with Gasteiger partial charge in [0.1, 0.15) is 0 Å².